The molecule has 0 saturated heterocycles. The average Bonchev–Trinajstić information content (AvgIpc) is 3.92. The second-order valence-corrected chi connectivity index (χ2v) is 16.4. The van der Waals surface area contributed by atoms with Crippen molar-refractivity contribution in [2.45, 2.75) is 0 Å². The van der Waals surface area contributed by atoms with Crippen LogP contribution in [0.25, 0.3) is 127 Å². The van der Waals surface area contributed by atoms with E-state index in [2.05, 4.69) is 199 Å². The van der Waals surface area contributed by atoms with Crippen LogP contribution in [0.3, 0.4) is 0 Å². The van der Waals surface area contributed by atoms with Gasteiger partial charge in [-0.2, -0.15) is 0 Å². The Morgan fingerprint density at radius 3 is 1.73 bits per heavy atom. The monoisotopic (exact) mass is 816 g/mol. The zero-order valence-corrected chi connectivity index (χ0v) is 34.5. The number of nitrogens with zero attached hydrogens (tertiary/aromatic N) is 4. The van der Waals surface area contributed by atoms with E-state index in [9.17, 15) is 0 Å². The van der Waals surface area contributed by atoms with Crippen LogP contribution in [0, 0.1) is 0 Å². The van der Waals surface area contributed by atoms with Gasteiger partial charge in [0.2, 0.25) is 0 Å². The molecular formula is C59H36N4O. The quantitative estimate of drug-likeness (QED) is 0.168. The average molecular weight is 817 g/mol. The maximum Gasteiger partial charge on any atom is 0.164 e. The minimum Gasteiger partial charge on any atom is -0.455 e. The van der Waals surface area contributed by atoms with E-state index in [1.165, 1.54) is 21.5 Å². The van der Waals surface area contributed by atoms with Gasteiger partial charge in [-0.25, -0.2) is 15.0 Å². The van der Waals surface area contributed by atoms with Gasteiger partial charge in [-0.1, -0.05) is 164 Å². The van der Waals surface area contributed by atoms with E-state index in [1.807, 2.05) is 24.3 Å². The molecular weight excluding hydrogens is 781 g/mol. The highest BCUT2D eigenvalue weighted by Gasteiger charge is 2.22. The lowest BCUT2D eigenvalue weighted by Gasteiger charge is -2.17. The van der Waals surface area contributed by atoms with Crippen LogP contribution in [0.15, 0.2) is 223 Å². The SMILES string of the molecule is c1ccc(-c2cccc(-c3nc(-c4ccccc4)nc(-c4ccc(-n5c6ccccc6c6cc7ccccc7cc65)c(-c5cccc6oc7c8ccccc8ccc7c56)c4)n3)c2)cc1. The van der Waals surface area contributed by atoms with E-state index >= 15 is 0 Å². The lowest BCUT2D eigenvalue weighted by Crippen LogP contribution is -2.02. The van der Waals surface area contributed by atoms with Crippen molar-refractivity contribution in [2.24, 2.45) is 0 Å². The van der Waals surface area contributed by atoms with Crippen LogP contribution in [0.1, 0.15) is 0 Å². The first-order chi connectivity index (χ1) is 31.7. The Labute approximate surface area is 368 Å². The fourth-order valence-corrected chi connectivity index (χ4v) is 9.60. The molecule has 0 fully saturated rings. The maximum absolute atomic E-state index is 6.79. The summed E-state index contributed by atoms with van der Waals surface area (Å²) >= 11 is 0. The van der Waals surface area contributed by atoms with Gasteiger partial charge in [0.25, 0.3) is 0 Å². The molecule has 0 atom stereocenters. The van der Waals surface area contributed by atoms with E-state index in [0.717, 1.165) is 88.4 Å². The zero-order chi connectivity index (χ0) is 42.1. The normalized spacial score (nSPS) is 11.8. The second kappa shape index (κ2) is 14.5. The van der Waals surface area contributed by atoms with E-state index in [0.29, 0.717) is 17.5 Å². The van der Waals surface area contributed by atoms with Gasteiger partial charge in [0.15, 0.2) is 17.5 Å². The van der Waals surface area contributed by atoms with E-state index in [-0.39, 0.29) is 0 Å². The molecule has 0 aliphatic rings. The van der Waals surface area contributed by atoms with Gasteiger partial charge in [-0.15, -0.1) is 0 Å². The van der Waals surface area contributed by atoms with Gasteiger partial charge in [0.05, 0.1) is 16.7 Å². The summed E-state index contributed by atoms with van der Waals surface area (Å²) in [6.07, 6.45) is 0. The highest BCUT2D eigenvalue weighted by molar-refractivity contribution is 6.20. The number of hydrogen-bond donors (Lipinski definition) is 0. The number of para-hydroxylation sites is 1. The number of aromatic nitrogens is 4. The Morgan fingerprint density at radius 1 is 0.328 bits per heavy atom. The summed E-state index contributed by atoms with van der Waals surface area (Å²) in [4.78, 5) is 15.6. The molecule has 5 heteroatoms. The highest BCUT2D eigenvalue weighted by atomic mass is 16.3. The fourth-order valence-electron chi connectivity index (χ4n) is 9.60. The molecule has 0 spiro atoms. The first-order valence-corrected chi connectivity index (χ1v) is 21.6. The third-order valence-corrected chi connectivity index (χ3v) is 12.6. The smallest absolute Gasteiger partial charge is 0.164 e. The fraction of sp³-hybridized carbons (Fsp3) is 0. The van der Waals surface area contributed by atoms with Gasteiger partial charge in [0.1, 0.15) is 11.2 Å². The van der Waals surface area contributed by atoms with E-state index < -0.39 is 0 Å². The number of hydrogen-bond acceptors (Lipinski definition) is 4. The largest absolute Gasteiger partial charge is 0.455 e. The summed E-state index contributed by atoms with van der Waals surface area (Å²) in [5.74, 6) is 1.81. The molecule has 0 N–H and O–H groups in total. The molecule has 3 heterocycles. The Hall–Kier alpha value is -8.67. The number of benzene rings is 10. The molecule has 5 nitrogen and oxygen atoms in total. The van der Waals surface area contributed by atoms with Crippen molar-refractivity contribution in [3.05, 3.63) is 218 Å². The summed E-state index contributed by atoms with van der Waals surface area (Å²) in [5, 5.41) is 9.17. The van der Waals surface area contributed by atoms with Gasteiger partial charge < -0.3 is 8.98 Å². The third kappa shape index (κ3) is 5.83. The van der Waals surface area contributed by atoms with E-state index in [1.54, 1.807) is 0 Å². The van der Waals surface area contributed by atoms with Crippen molar-refractivity contribution in [1.82, 2.24) is 19.5 Å². The highest BCUT2D eigenvalue weighted by Crippen LogP contribution is 2.44. The molecule has 13 rings (SSSR count). The van der Waals surface area contributed by atoms with Crippen molar-refractivity contribution in [2.75, 3.05) is 0 Å². The summed E-state index contributed by atoms with van der Waals surface area (Å²) in [6.45, 7) is 0. The lowest BCUT2D eigenvalue weighted by molar-refractivity contribution is 0.673. The van der Waals surface area contributed by atoms with Crippen LogP contribution in [0.5, 0.6) is 0 Å². The van der Waals surface area contributed by atoms with Crippen molar-refractivity contribution in [1.29, 1.82) is 0 Å². The van der Waals surface area contributed by atoms with Gasteiger partial charge in [-0.05, 0) is 87.4 Å². The van der Waals surface area contributed by atoms with Crippen molar-refractivity contribution in [3.63, 3.8) is 0 Å². The predicted molar refractivity (Wildman–Crippen MR) is 264 cm³/mol. The Morgan fingerprint density at radius 2 is 0.938 bits per heavy atom. The Bertz CT molecular complexity index is 3960. The molecule has 13 aromatic rings. The number of rotatable bonds is 6. The van der Waals surface area contributed by atoms with Crippen LogP contribution >= 0.6 is 0 Å². The van der Waals surface area contributed by atoms with E-state index in [4.69, 9.17) is 19.4 Å². The molecule has 0 amide bonds. The molecule has 0 radical (unpaired) electrons. The molecule has 64 heavy (non-hydrogen) atoms. The zero-order valence-electron chi connectivity index (χ0n) is 34.5. The van der Waals surface area contributed by atoms with Crippen LogP contribution in [-0.4, -0.2) is 19.5 Å². The van der Waals surface area contributed by atoms with Crippen molar-refractivity contribution >= 4 is 65.3 Å². The van der Waals surface area contributed by atoms with Crippen LogP contribution in [0.4, 0.5) is 0 Å². The standard InChI is InChI=1S/C59H36N4O/c1-3-15-37(16-4-1)40-22-13-23-43(33-40)58-60-57(39-18-5-2-6-19-39)61-59(62-58)44-30-32-52(63-51-27-12-11-25-46(51)49-34-41-20-7-8-21-42(41)36-53(49)63)50(35-44)47-26-14-28-54-55(47)48-31-29-38-17-9-10-24-45(38)56(48)64-54/h1-36H. The number of furan rings is 1. The molecule has 0 unspecified atom stereocenters. The first kappa shape index (κ1) is 36.0. The first-order valence-electron chi connectivity index (χ1n) is 21.6. The summed E-state index contributed by atoms with van der Waals surface area (Å²) < 4.78 is 9.22. The van der Waals surface area contributed by atoms with Gasteiger partial charge in [0, 0.05) is 49.2 Å². The summed E-state index contributed by atoms with van der Waals surface area (Å²) in [6, 6.07) is 76.9. The number of fused-ring (bicyclic) bond motifs is 9. The van der Waals surface area contributed by atoms with Crippen molar-refractivity contribution < 1.29 is 4.42 Å². The lowest BCUT2D eigenvalue weighted by atomic mass is 9.95. The molecule has 3 aromatic heterocycles. The Balaban J connectivity index is 1.10. The predicted octanol–water partition coefficient (Wildman–Crippen LogP) is 15.5. The van der Waals surface area contributed by atoms with Gasteiger partial charge >= 0.3 is 0 Å². The molecule has 0 aliphatic heterocycles. The topological polar surface area (TPSA) is 56.7 Å². The minimum absolute atomic E-state index is 0.588. The third-order valence-electron chi connectivity index (χ3n) is 12.6. The summed E-state index contributed by atoms with van der Waals surface area (Å²) in [5.41, 5.74) is 12.1. The van der Waals surface area contributed by atoms with Crippen LogP contribution in [-0.2, 0) is 0 Å². The second-order valence-electron chi connectivity index (χ2n) is 16.4. The van der Waals surface area contributed by atoms with Crippen LogP contribution < -0.4 is 0 Å². The molecule has 0 saturated carbocycles. The molecule has 10 aromatic carbocycles. The Kier molecular flexibility index (Phi) is 8.15. The van der Waals surface area contributed by atoms with Crippen molar-refractivity contribution in [3.8, 4) is 62.1 Å². The molecule has 0 bridgehead atoms. The molecule has 298 valence electrons. The summed E-state index contributed by atoms with van der Waals surface area (Å²) in [7, 11) is 0. The van der Waals surface area contributed by atoms with Crippen LogP contribution in [0.2, 0.25) is 0 Å². The molecule has 0 aliphatic carbocycles. The maximum atomic E-state index is 6.79. The van der Waals surface area contributed by atoms with Gasteiger partial charge in [-0.3, -0.25) is 0 Å². The minimum atomic E-state index is 0.588.